The normalized spacial score (nSPS) is 19.0. The molecular formula is C15H19ClN2O3. The molecule has 1 fully saturated rings. The Morgan fingerprint density at radius 2 is 2.05 bits per heavy atom. The molecule has 1 saturated heterocycles. The fourth-order valence-corrected chi connectivity index (χ4v) is 2.50. The number of rotatable bonds is 3. The molecule has 2 amide bonds. The van der Waals surface area contributed by atoms with Crippen LogP contribution in [0.5, 0.6) is 5.75 Å². The van der Waals surface area contributed by atoms with Crippen LogP contribution in [0.15, 0.2) is 12.1 Å². The van der Waals surface area contributed by atoms with Crippen LogP contribution in [0.25, 0.3) is 0 Å². The van der Waals surface area contributed by atoms with Crippen molar-refractivity contribution in [3.8, 4) is 5.75 Å². The van der Waals surface area contributed by atoms with Crippen molar-refractivity contribution in [2.75, 3.05) is 18.6 Å². The topological polar surface area (TPSA) is 58.6 Å². The van der Waals surface area contributed by atoms with Gasteiger partial charge >= 0.3 is 0 Å². The number of benzene rings is 1. The molecule has 1 atom stereocenters. The van der Waals surface area contributed by atoms with E-state index in [-0.39, 0.29) is 24.3 Å². The number of hydrogen-bond acceptors (Lipinski definition) is 3. The van der Waals surface area contributed by atoms with E-state index in [9.17, 15) is 9.59 Å². The maximum absolute atomic E-state index is 12.6. The predicted octanol–water partition coefficient (Wildman–Crippen LogP) is 2.14. The highest BCUT2D eigenvalue weighted by Gasteiger charge is 2.36. The number of anilines is 1. The first kappa shape index (κ1) is 15.6. The van der Waals surface area contributed by atoms with E-state index in [1.807, 2.05) is 20.8 Å². The molecule has 1 aromatic carbocycles. The number of hydrogen-bond donors (Lipinski definition) is 1. The molecule has 2 rings (SSSR count). The van der Waals surface area contributed by atoms with Crippen LogP contribution in [0.4, 0.5) is 5.69 Å². The standard InChI is InChI=1S/C15H19ClN2O3/c1-8(2)14-15(20)18(7-13(19)17-14)11-5-9(3)10(16)6-12(11)21-4/h5-6,8,14H,7H2,1-4H3,(H,17,19). The lowest BCUT2D eigenvalue weighted by Crippen LogP contribution is -2.60. The fourth-order valence-electron chi connectivity index (χ4n) is 2.35. The number of methoxy groups -OCH3 is 1. The van der Waals surface area contributed by atoms with Crippen LogP contribution in [-0.2, 0) is 9.59 Å². The van der Waals surface area contributed by atoms with Gasteiger partial charge in [0.05, 0.1) is 12.8 Å². The number of carbonyl (C=O) groups excluding carboxylic acids is 2. The highest BCUT2D eigenvalue weighted by Crippen LogP contribution is 2.35. The lowest BCUT2D eigenvalue weighted by atomic mass is 10.00. The summed E-state index contributed by atoms with van der Waals surface area (Å²) in [6.07, 6.45) is 0. The van der Waals surface area contributed by atoms with E-state index in [1.165, 1.54) is 12.0 Å². The Kier molecular flexibility index (Phi) is 4.42. The second kappa shape index (κ2) is 5.93. The van der Waals surface area contributed by atoms with E-state index >= 15 is 0 Å². The molecule has 0 radical (unpaired) electrons. The zero-order chi connectivity index (χ0) is 15.7. The summed E-state index contributed by atoms with van der Waals surface area (Å²) in [6, 6.07) is 2.91. The zero-order valence-electron chi connectivity index (χ0n) is 12.6. The minimum atomic E-state index is -0.521. The fraction of sp³-hybridized carbons (Fsp3) is 0.467. The summed E-state index contributed by atoms with van der Waals surface area (Å²) in [7, 11) is 1.51. The van der Waals surface area contributed by atoms with Gasteiger partial charge in [0.1, 0.15) is 18.3 Å². The second-order valence-corrected chi connectivity index (χ2v) is 5.89. The van der Waals surface area contributed by atoms with Crippen LogP contribution < -0.4 is 15.0 Å². The monoisotopic (exact) mass is 310 g/mol. The third-order valence-electron chi connectivity index (χ3n) is 3.57. The number of aryl methyl sites for hydroxylation is 1. The Morgan fingerprint density at radius 1 is 1.38 bits per heavy atom. The van der Waals surface area contributed by atoms with Crippen molar-refractivity contribution in [1.29, 1.82) is 0 Å². The number of carbonyl (C=O) groups is 2. The Balaban J connectivity index is 2.47. The van der Waals surface area contributed by atoms with E-state index in [4.69, 9.17) is 16.3 Å². The van der Waals surface area contributed by atoms with Gasteiger partial charge in [-0.2, -0.15) is 0 Å². The summed E-state index contributed by atoms with van der Waals surface area (Å²) >= 11 is 6.08. The van der Waals surface area contributed by atoms with Gasteiger partial charge in [-0.15, -0.1) is 0 Å². The Morgan fingerprint density at radius 3 is 2.62 bits per heavy atom. The SMILES string of the molecule is COc1cc(Cl)c(C)cc1N1CC(=O)NC(C(C)C)C1=O. The Labute approximate surface area is 129 Å². The number of amides is 2. The zero-order valence-corrected chi connectivity index (χ0v) is 13.3. The van der Waals surface area contributed by atoms with Crippen LogP contribution in [0, 0.1) is 12.8 Å². The number of nitrogens with zero attached hydrogens (tertiary/aromatic N) is 1. The van der Waals surface area contributed by atoms with Gasteiger partial charge in [-0.25, -0.2) is 0 Å². The average molecular weight is 311 g/mol. The molecule has 0 spiro atoms. The van der Waals surface area contributed by atoms with E-state index in [1.54, 1.807) is 12.1 Å². The first-order valence-electron chi connectivity index (χ1n) is 6.80. The minimum Gasteiger partial charge on any atom is -0.495 e. The molecule has 1 aromatic rings. The molecular weight excluding hydrogens is 292 g/mol. The van der Waals surface area contributed by atoms with E-state index < -0.39 is 6.04 Å². The number of piperazine rings is 1. The number of halogens is 1. The minimum absolute atomic E-state index is 0.0144. The van der Waals surface area contributed by atoms with Gasteiger partial charge in [0.2, 0.25) is 11.8 Å². The summed E-state index contributed by atoms with van der Waals surface area (Å²) in [5.74, 6) is 0.187. The molecule has 0 bridgehead atoms. The summed E-state index contributed by atoms with van der Waals surface area (Å²) in [5, 5.41) is 3.29. The van der Waals surface area contributed by atoms with Crippen molar-refractivity contribution in [2.24, 2.45) is 5.92 Å². The highest BCUT2D eigenvalue weighted by molar-refractivity contribution is 6.31. The summed E-state index contributed by atoms with van der Waals surface area (Å²) in [4.78, 5) is 26.0. The average Bonchev–Trinajstić information content (AvgIpc) is 2.43. The molecule has 1 heterocycles. The maximum atomic E-state index is 12.6. The van der Waals surface area contributed by atoms with E-state index in [0.717, 1.165) is 5.56 Å². The Hall–Kier alpha value is -1.75. The quantitative estimate of drug-likeness (QED) is 0.930. The summed E-state index contributed by atoms with van der Waals surface area (Å²) in [5.41, 5.74) is 1.40. The molecule has 1 unspecified atom stereocenters. The largest absolute Gasteiger partial charge is 0.495 e. The van der Waals surface area contributed by atoms with Gasteiger partial charge in [-0.05, 0) is 24.5 Å². The molecule has 5 nitrogen and oxygen atoms in total. The molecule has 1 N–H and O–H groups in total. The lowest BCUT2D eigenvalue weighted by molar-refractivity contribution is -0.132. The Bertz CT molecular complexity index is 587. The summed E-state index contributed by atoms with van der Waals surface area (Å²) < 4.78 is 5.30. The van der Waals surface area contributed by atoms with Crippen LogP contribution >= 0.6 is 11.6 Å². The third kappa shape index (κ3) is 2.97. The van der Waals surface area contributed by atoms with Crippen molar-refractivity contribution in [1.82, 2.24) is 5.32 Å². The van der Waals surface area contributed by atoms with Gasteiger partial charge in [0.25, 0.3) is 0 Å². The molecule has 1 aliphatic rings. The summed E-state index contributed by atoms with van der Waals surface area (Å²) in [6.45, 7) is 5.63. The van der Waals surface area contributed by atoms with Gasteiger partial charge in [-0.3, -0.25) is 14.5 Å². The highest BCUT2D eigenvalue weighted by atomic mass is 35.5. The second-order valence-electron chi connectivity index (χ2n) is 5.49. The van der Waals surface area contributed by atoms with Gasteiger partial charge in [0, 0.05) is 11.1 Å². The molecule has 0 saturated carbocycles. The van der Waals surface area contributed by atoms with Crippen LogP contribution in [-0.4, -0.2) is 31.5 Å². The molecule has 114 valence electrons. The smallest absolute Gasteiger partial charge is 0.250 e. The number of nitrogens with one attached hydrogen (secondary N) is 1. The first-order chi connectivity index (χ1) is 9.85. The van der Waals surface area contributed by atoms with Crippen LogP contribution in [0.2, 0.25) is 5.02 Å². The first-order valence-corrected chi connectivity index (χ1v) is 7.17. The maximum Gasteiger partial charge on any atom is 0.250 e. The molecule has 21 heavy (non-hydrogen) atoms. The van der Waals surface area contributed by atoms with Gasteiger partial charge in [-0.1, -0.05) is 25.4 Å². The van der Waals surface area contributed by atoms with Crippen molar-refractivity contribution in [3.63, 3.8) is 0 Å². The van der Waals surface area contributed by atoms with Crippen molar-refractivity contribution >= 4 is 29.1 Å². The molecule has 0 aliphatic carbocycles. The molecule has 1 aliphatic heterocycles. The van der Waals surface area contributed by atoms with Gasteiger partial charge < -0.3 is 10.1 Å². The molecule has 6 heteroatoms. The third-order valence-corrected chi connectivity index (χ3v) is 3.98. The van der Waals surface area contributed by atoms with E-state index in [2.05, 4.69) is 5.32 Å². The lowest BCUT2D eigenvalue weighted by Gasteiger charge is -2.35. The number of ether oxygens (including phenoxy) is 1. The van der Waals surface area contributed by atoms with Gasteiger partial charge in [0.15, 0.2) is 0 Å². The van der Waals surface area contributed by atoms with Crippen molar-refractivity contribution < 1.29 is 14.3 Å². The molecule has 0 aromatic heterocycles. The van der Waals surface area contributed by atoms with Crippen LogP contribution in [0.1, 0.15) is 19.4 Å². The van der Waals surface area contributed by atoms with E-state index in [0.29, 0.717) is 16.5 Å². The predicted molar refractivity (Wildman–Crippen MR) is 81.9 cm³/mol. The van der Waals surface area contributed by atoms with Crippen LogP contribution in [0.3, 0.4) is 0 Å². The van der Waals surface area contributed by atoms with Crippen molar-refractivity contribution in [2.45, 2.75) is 26.8 Å². The van der Waals surface area contributed by atoms with Crippen molar-refractivity contribution in [3.05, 3.63) is 22.7 Å².